The molecule has 4 rings (SSSR count). The Morgan fingerprint density at radius 3 is 2.50 bits per heavy atom. The number of carbonyl (C=O) groups is 1. The summed E-state index contributed by atoms with van der Waals surface area (Å²) in [4.78, 5) is 27.8. The molecule has 1 fully saturated rings. The lowest BCUT2D eigenvalue weighted by Gasteiger charge is -2.28. The lowest BCUT2D eigenvalue weighted by Crippen LogP contribution is -2.37. The number of hydrogen-bond donors (Lipinski definition) is 1. The minimum Gasteiger partial charge on any atom is -0.497 e. The van der Waals surface area contributed by atoms with Gasteiger partial charge in [0, 0.05) is 25.0 Å². The van der Waals surface area contributed by atoms with Gasteiger partial charge in [0.2, 0.25) is 0 Å². The number of methoxy groups -OCH3 is 1. The van der Waals surface area contributed by atoms with Gasteiger partial charge in [-0.05, 0) is 49.7 Å². The third kappa shape index (κ3) is 3.96. The second kappa shape index (κ2) is 8.71. The molecule has 1 saturated heterocycles. The van der Waals surface area contributed by atoms with Gasteiger partial charge >= 0.3 is 0 Å². The average molecular weight is 405 g/mol. The zero-order chi connectivity index (χ0) is 21.1. The van der Waals surface area contributed by atoms with Crippen molar-refractivity contribution in [3.63, 3.8) is 0 Å². The molecule has 1 unspecified atom stereocenters. The van der Waals surface area contributed by atoms with Crippen LogP contribution in [0, 0.1) is 0 Å². The number of benzene rings is 2. The quantitative estimate of drug-likeness (QED) is 0.685. The van der Waals surface area contributed by atoms with Gasteiger partial charge in [-0.2, -0.15) is 0 Å². The Labute approximate surface area is 176 Å². The van der Waals surface area contributed by atoms with E-state index in [9.17, 15) is 9.59 Å². The van der Waals surface area contributed by atoms with Crippen LogP contribution in [-0.2, 0) is 7.05 Å². The monoisotopic (exact) mass is 405 g/mol. The number of nitrogens with zero attached hydrogens (tertiary/aromatic N) is 2. The van der Waals surface area contributed by atoms with Crippen molar-refractivity contribution in [2.75, 3.05) is 26.7 Å². The number of fused-ring (bicyclic) bond motifs is 1. The van der Waals surface area contributed by atoms with Gasteiger partial charge in [-0.15, -0.1) is 0 Å². The Morgan fingerprint density at radius 2 is 1.80 bits per heavy atom. The highest BCUT2D eigenvalue weighted by Crippen LogP contribution is 2.26. The summed E-state index contributed by atoms with van der Waals surface area (Å²) in [6.45, 7) is 2.51. The van der Waals surface area contributed by atoms with Crippen LogP contribution in [0.1, 0.15) is 34.8 Å². The Bertz CT molecular complexity index is 1100. The molecule has 6 nitrogen and oxygen atoms in total. The molecule has 0 saturated carbocycles. The van der Waals surface area contributed by atoms with E-state index < -0.39 is 0 Å². The van der Waals surface area contributed by atoms with Crippen molar-refractivity contribution in [1.29, 1.82) is 0 Å². The van der Waals surface area contributed by atoms with Gasteiger partial charge in [0.1, 0.15) is 5.75 Å². The molecule has 1 aromatic heterocycles. The molecule has 30 heavy (non-hydrogen) atoms. The number of ether oxygens (including phenoxy) is 1. The van der Waals surface area contributed by atoms with Crippen LogP contribution in [-0.4, -0.2) is 42.1 Å². The fourth-order valence-corrected chi connectivity index (χ4v) is 4.22. The number of likely N-dealkylation sites (tertiary alicyclic amines) is 1. The normalized spacial score (nSPS) is 15.3. The molecule has 1 aliphatic heterocycles. The van der Waals surface area contributed by atoms with Gasteiger partial charge in [0.15, 0.2) is 0 Å². The van der Waals surface area contributed by atoms with Gasteiger partial charge in [-0.25, -0.2) is 0 Å². The van der Waals surface area contributed by atoms with Gasteiger partial charge in [-0.1, -0.05) is 30.3 Å². The molecule has 0 bridgehead atoms. The summed E-state index contributed by atoms with van der Waals surface area (Å²) in [5.41, 5.74) is 2.13. The molecule has 0 radical (unpaired) electrons. The van der Waals surface area contributed by atoms with Crippen molar-refractivity contribution < 1.29 is 9.53 Å². The summed E-state index contributed by atoms with van der Waals surface area (Å²) in [6.07, 6.45) is 2.33. The van der Waals surface area contributed by atoms with E-state index in [1.165, 1.54) is 18.9 Å². The zero-order valence-electron chi connectivity index (χ0n) is 17.4. The predicted octanol–water partition coefficient (Wildman–Crippen LogP) is 3.11. The Balaban J connectivity index is 1.59. The van der Waals surface area contributed by atoms with Crippen molar-refractivity contribution in [3.8, 4) is 5.75 Å². The van der Waals surface area contributed by atoms with Crippen LogP contribution < -0.4 is 15.6 Å². The fourth-order valence-electron chi connectivity index (χ4n) is 4.22. The highest BCUT2D eigenvalue weighted by molar-refractivity contribution is 6.06. The van der Waals surface area contributed by atoms with Crippen LogP contribution in [0.25, 0.3) is 10.9 Å². The summed E-state index contributed by atoms with van der Waals surface area (Å²) in [5, 5.41) is 3.86. The lowest BCUT2D eigenvalue weighted by atomic mass is 10.0. The first kappa shape index (κ1) is 20.2. The van der Waals surface area contributed by atoms with Gasteiger partial charge in [-0.3, -0.25) is 14.5 Å². The molecule has 3 aromatic rings. The first-order chi connectivity index (χ1) is 14.6. The van der Waals surface area contributed by atoms with Crippen LogP contribution in [0.2, 0.25) is 0 Å². The third-order valence-corrected chi connectivity index (χ3v) is 5.94. The first-order valence-corrected chi connectivity index (χ1v) is 10.3. The van der Waals surface area contributed by atoms with E-state index in [2.05, 4.69) is 22.3 Å². The number of pyridine rings is 1. The zero-order valence-corrected chi connectivity index (χ0v) is 17.4. The molecule has 2 heterocycles. The predicted molar refractivity (Wildman–Crippen MR) is 118 cm³/mol. The second-order valence-electron chi connectivity index (χ2n) is 7.71. The molecule has 1 atom stereocenters. The van der Waals surface area contributed by atoms with Crippen molar-refractivity contribution in [1.82, 2.24) is 14.8 Å². The minimum atomic E-state index is -0.221. The molecule has 0 aliphatic carbocycles. The largest absolute Gasteiger partial charge is 0.497 e. The molecular formula is C24H27N3O3. The molecular weight excluding hydrogens is 378 g/mol. The van der Waals surface area contributed by atoms with Gasteiger partial charge in [0.05, 0.1) is 24.2 Å². The molecule has 1 aliphatic rings. The van der Waals surface area contributed by atoms with E-state index in [0.717, 1.165) is 35.3 Å². The molecule has 2 aromatic carbocycles. The second-order valence-corrected chi connectivity index (χ2v) is 7.71. The van der Waals surface area contributed by atoms with E-state index in [-0.39, 0.29) is 17.5 Å². The van der Waals surface area contributed by atoms with E-state index in [0.29, 0.717) is 12.1 Å². The first-order valence-electron chi connectivity index (χ1n) is 10.3. The van der Waals surface area contributed by atoms with Crippen molar-refractivity contribution in [2.45, 2.75) is 18.9 Å². The van der Waals surface area contributed by atoms with Gasteiger partial charge < -0.3 is 14.6 Å². The summed E-state index contributed by atoms with van der Waals surface area (Å²) in [5.74, 6) is 0.594. The Hall–Kier alpha value is -3.12. The maximum absolute atomic E-state index is 13.1. The summed E-state index contributed by atoms with van der Waals surface area (Å²) < 4.78 is 6.84. The van der Waals surface area contributed by atoms with Crippen LogP contribution in [0.15, 0.2) is 59.4 Å². The summed E-state index contributed by atoms with van der Waals surface area (Å²) >= 11 is 0. The summed E-state index contributed by atoms with van der Waals surface area (Å²) in [7, 11) is 3.38. The van der Waals surface area contributed by atoms with E-state index in [1.54, 1.807) is 18.7 Å². The number of aromatic nitrogens is 1. The smallest absolute Gasteiger partial charge is 0.252 e. The Morgan fingerprint density at radius 1 is 1.10 bits per heavy atom. The molecule has 0 spiro atoms. The van der Waals surface area contributed by atoms with Crippen molar-refractivity contribution in [3.05, 3.63) is 76.1 Å². The highest BCUT2D eigenvalue weighted by Gasteiger charge is 2.24. The fraction of sp³-hybridized carbons (Fsp3) is 0.333. The SMILES string of the molecule is COc1ccc(C(CNC(=O)c2cc(=O)n(C)c3ccccc23)N2CCCC2)cc1. The number of aryl methyl sites for hydroxylation is 1. The van der Waals surface area contributed by atoms with E-state index in [4.69, 9.17) is 4.74 Å². The van der Waals surface area contributed by atoms with Crippen molar-refractivity contribution >= 4 is 16.8 Å². The molecule has 1 amide bonds. The maximum Gasteiger partial charge on any atom is 0.252 e. The number of para-hydroxylation sites is 1. The Kier molecular flexibility index (Phi) is 5.86. The van der Waals surface area contributed by atoms with Crippen LogP contribution >= 0.6 is 0 Å². The van der Waals surface area contributed by atoms with Crippen LogP contribution in [0.3, 0.4) is 0 Å². The topological polar surface area (TPSA) is 63.6 Å². The highest BCUT2D eigenvalue weighted by atomic mass is 16.5. The van der Waals surface area contributed by atoms with Gasteiger partial charge in [0.25, 0.3) is 11.5 Å². The number of nitrogens with one attached hydrogen (secondary N) is 1. The van der Waals surface area contributed by atoms with Crippen LogP contribution in [0.4, 0.5) is 0 Å². The number of hydrogen-bond acceptors (Lipinski definition) is 4. The number of carbonyl (C=O) groups excluding carboxylic acids is 1. The number of rotatable bonds is 6. The molecule has 1 N–H and O–H groups in total. The molecule has 156 valence electrons. The van der Waals surface area contributed by atoms with Crippen LogP contribution in [0.5, 0.6) is 5.75 Å². The maximum atomic E-state index is 13.1. The van der Waals surface area contributed by atoms with E-state index in [1.807, 2.05) is 36.4 Å². The average Bonchev–Trinajstić information content (AvgIpc) is 3.31. The van der Waals surface area contributed by atoms with E-state index >= 15 is 0 Å². The minimum absolute atomic E-state index is 0.0835. The van der Waals surface area contributed by atoms with Crippen molar-refractivity contribution in [2.24, 2.45) is 7.05 Å². The molecule has 6 heteroatoms. The standard InChI is InChI=1S/C24H27N3O3/c1-26-21-8-4-3-7-19(21)20(15-23(26)28)24(29)25-16-22(27-13-5-6-14-27)17-9-11-18(30-2)12-10-17/h3-4,7-12,15,22H,5-6,13-14,16H2,1-2H3,(H,25,29). The third-order valence-electron chi connectivity index (χ3n) is 5.94. The lowest BCUT2D eigenvalue weighted by molar-refractivity contribution is 0.0939. The summed E-state index contributed by atoms with van der Waals surface area (Å²) in [6, 6.07) is 17.0. The number of amides is 1.